The fourth-order valence-corrected chi connectivity index (χ4v) is 1.84. The molecule has 4 nitrogen and oxygen atoms in total. The SMILES string of the molecule is CCOC(=O)C(=O)N1CCC(C(C)C)C1. The van der Waals surface area contributed by atoms with Crippen molar-refractivity contribution in [1.82, 2.24) is 4.90 Å². The number of amides is 1. The van der Waals surface area contributed by atoms with Crippen LogP contribution in [-0.2, 0) is 14.3 Å². The summed E-state index contributed by atoms with van der Waals surface area (Å²) < 4.78 is 4.68. The number of ether oxygens (including phenoxy) is 1. The largest absolute Gasteiger partial charge is 0.459 e. The summed E-state index contributed by atoms with van der Waals surface area (Å²) in [7, 11) is 0. The lowest BCUT2D eigenvalue weighted by molar-refractivity contribution is -0.159. The summed E-state index contributed by atoms with van der Waals surface area (Å²) in [5, 5.41) is 0. The highest BCUT2D eigenvalue weighted by Crippen LogP contribution is 2.23. The predicted octanol–water partition coefficient (Wildman–Crippen LogP) is 1.05. The Kier molecular flexibility index (Phi) is 4.12. The maximum Gasteiger partial charge on any atom is 0.397 e. The van der Waals surface area contributed by atoms with E-state index >= 15 is 0 Å². The van der Waals surface area contributed by atoms with Gasteiger partial charge < -0.3 is 9.64 Å². The monoisotopic (exact) mass is 213 g/mol. The number of hydrogen-bond donors (Lipinski definition) is 0. The van der Waals surface area contributed by atoms with Gasteiger partial charge in [-0.3, -0.25) is 4.79 Å². The summed E-state index contributed by atoms with van der Waals surface area (Å²) in [6, 6.07) is 0. The van der Waals surface area contributed by atoms with E-state index in [2.05, 4.69) is 18.6 Å². The predicted molar refractivity (Wildman–Crippen MR) is 56.2 cm³/mol. The zero-order valence-corrected chi connectivity index (χ0v) is 9.66. The van der Waals surface area contributed by atoms with Gasteiger partial charge in [0.1, 0.15) is 0 Å². The second kappa shape index (κ2) is 5.14. The van der Waals surface area contributed by atoms with Crippen LogP contribution in [-0.4, -0.2) is 36.5 Å². The first kappa shape index (κ1) is 12.0. The van der Waals surface area contributed by atoms with E-state index in [9.17, 15) is 9.59 Å². The average Bonchev–Trinajstić information content (AvgIpc) is 2.65. The molecule has 0 N–H and O–H groups in total. The zero-order chi connectivity index (χ0) is 11.4. The van der Waals surface area contributed by atoms with Crippen molar-refractivity contribution in [2.45, 2.75) is 27.2 Å². The van der Waals surface area contributed by atoms with Gasteiger partial charge in [0.25, 0.3) is 0 Å². The number of rotatable bonds is 2. The molecule has 0 aromatic carbocycles. The third-order valence-corrected chi connectivity index (χ3v) is 2.90. The molecule has 1 aliphatic rings. The van der Waals surface area contributed by atoms with Crippen molar-refractivity contribution in [1.29, 1.82) is 0 Å². The highest BCUT2D eigenvalue weighted by Gasteiger charge is 2.31. The molecule has 1 unspecified atom stereocenters. The van der Waals surface area contributed by atoms with Gasteiger partial charge in [-0.25, -0.2) is 4.79 Å². The van der Waals surface area contributed by atoms with E-state index < -0.39 is 11.9 Å². The van der Waals surface area contributed by atoms with Gasteiger partial charge in [-0.1, -0.05) is 13.8 Å². The standard InChI is InChI=1S/C11H19NO3/c1-4-15-11(14)10(13)12-6-5-9(7-12)8(2)3/h8-9H,4-7H2,1-3H3. The fraction of sp³-hybridized carbons (Fsp3) is 0.818. The first-order chi connectivity index (χ1) is 7.06. The summed E-state index contributed by atoms with van der Waals surface area (Å²) in [6.07, 6.45) is 0.989. The second-order valence-electron chi connectivity index (χ2n) is 4.26. The topological polar surface area (TPSA) is 46.6 Å². The van der Waals surface area contributed by atoms with Crippen LogP contribution >= 0.6 is 0 Å². The molecule has 0 saturated carbocycles. The van der Waals surface area contributed by atoms with Crippen molar-refractivity contribution >= 4 is 11.9 Å². The molecule has 0 bridgehead atoms. The fourth-order valence-electron chi connectivity index (χ4n) is 1.84. The van der Waals surface area contributed by atoms with Crippen LogP contribution in [0.3, 0.4) is 0 Å². The van der Waals surface area contributed by atoms with Gasteiger partial charge in [0, 0.05) is 13.1 Å². The Labute approximate surface area is 90.6 Å². The normalized spacial score (nSPS) is 20.8. The Morgan fingerprint density at radius 1 is 1.47 bits per heavy atom. The van der Waals surface area contributed by atoms with E-state index in [1.54, 1.807) is 11.8 Å². The first-order valence-corrected chi connectivity index (χ1v) is 5.52. The van der Waals surface area contributed by atoms with Crippen LogP contribution < -0.4 is 0 Å². The third kappa shape index (κ3) is 2.94. The van der Waals surface area contributed by atoms with Crippen molar-refractivity contribution in [2.24, 2.45) is 11.8 Å². The van der Waals surface area contributed by atoms with Crippen molar-refractivity contribution in [3.63, 3.8) is 0 Å². The van der Waals surface area contributed by atoms with Crippen LogP contribution in [0.5, 0.6) is 0 Å². The summed E-state index contributed by atoms with van der Waals surface area (Å²) in [5.41, 5.74) is 0. The van der Waals surface area contributed by atoms with E-state index in [0.717, 1.165) is 6.42 Å². The maximum absolute atomic E-state index is 11.6. The minimum absolute atomic E-state index is 0.256. The van der Waals surface area contributed by atoms with E-state index in [1.165, 1.54) is 0 Å². The number of likely N-dealkylation sites (tertiary alicyclic amines) is 1. The highest BCUT2D eigenvalue weighted by molar-refractivity contribution is 6.32. The number of carbonyl (C=O) groups excluding carboxylic acids is 2. The Morgan fingerprint density at radius 3 is 2.60 bits per heavy atom. The summed E-state index contributed by atoms with van der Waals surface area (Å²) in [4.78, 5) is 24.3. The van der Waals surface area contributed by atoms with Crippen LogP contribution in [0, 0.1) is 11.8 Å². The molecule has 1 amide bonds. The molecule has 1 saturated heterocycles. The van der Waals surface area contributed by atoms with Crippen molar-refractivity contribution in [2.75, 3.05) is 19.7 Å². The van der Waals surface area contributed by atoms with Gasteiger partial charge in [0.2, 0.25) is 0 Å². The molecule has 0 aromatic rings. The molecular weight excluding hydrogens is 194 g/mol. The Hall–Kier alpha value is -1.06. The molecule has 15 heavy (non-hydrogen) atoms. The third-order valence-electron chi connectivity index (χ3n) is 2.90. The van der Waals surface area contributed by atoms with Gasteiger partial charge >= 0.3 is 11.9 Å². The summed E-state index contributed by atoms with van der Waals surface area (Å²) >= 11 is 0. The van der Waals surface area contributed by atoms with Crippen LogP contribution in [0.2, 0.25) is 0 Å². The molecule has 1 aliphatic heterocycles. The average molecular weight is 213 g/mol. The molecule has 0 spiro atoms. The van der Waals surface area contributed by atoms with Gasteiger partial charge in [0.05, 0.1) is 6.61 Å². The molecule has 1 fully saturated rings. The highest BCUT2D eigenvalue weighted by atomic mass is 16.5. The van der Waals surface area contributed by atoms with E-state index in [-0.39, 0.29) is 6.61 Å². The molecule has 86 valence electrons. The Balaban J connectivity index is 2.46. The van der Waals surface area contributed by atoms with Crippen molar-refractivity contribution in [3.8, 4) is 0 Å². The maximum atomic E-state index is 11.6. The zero-order valence-electron chi connectivity index (χ0n) is 9.66. The van der Waals surface area contributed by atoms with Crippen LogP contribution in [0.1, 0.15) is 27.2 Å². The van der Waals surface area contributed by atoms with Crippen LogP contribution in [0.4, 0.5) is 0 Å². The summed E-state index contributed by atoms with van der Waals surface area (Å²) in [6.45, 7) is 7.61. The van der Waals surface area contributed by atoms with E-state index in [4.69, 9.17) is 0 Å². The molecule has 4 heteroatoms. The quantitative estimate of drug-likeness (QED) is 0.509. The number of esters is 1. The lowest BCUT2D eigenvalue weighted by atomic mass is 9.95. The van der Waals surface area contributed by atoms with Gasteiger partial charge in [0.15, 0.2) is 0 Å². The van der Waals surface area contributed by atoms with Crippen molar-refractivity contribution in [3.05, 3.63) is 0 Å². The summed E-state index contributed by atoms with van der Waals surface area (Å²) in [5.74, 6) is -0.129. The van der Waals surface area contributed by atoms with E-state index in [0.29, 0.717) is 24.9 Å². The molecule has 0 aliphatic carbocycles. The van der Waals surface area contributed by atoms with Crippen LogP contribution in [0.15, 0.2) is 0 Å². The first-order valence-electron chi connectivity index (χ1n) is 5.52. The van der Waals surface area contributed by atoms with Crippen LogP contribution in [0.25, 0.3) is 0 Å². The Bertz CT molecular complexity index is 250. The lowest BCUT2D eigenvalue weighted by Gasteiger charge is -2.16. The Morgan fingerprint density at radius 2 is 2.13 bits per heavy atom. The molecular formula is C11H19NO3. The molecule has 1 rings (SSSR count). The number of carbonyl (C=O) groups is 2. The molecule has 0 aromatic heterocycles. The van der Waals surface area contributed by atoms with Crippen molar-refractivity contribution < 1.29 is 14.3 Å². The smallest absolute Gasteiger partial charge is 0.397 e. The van der Waals surface area contributed by atoms with Gasteiger partial charge in [-0.2, -0.15) is 0 Å². The van der Waals surface area contributed by atoms with Gasteiger partial charge in [-0.15, -0.1) is 0 Å². The van der Waals surface area contributed by atoms with Gasteiger partial charge in [-0.05, 0) is 25.2 Å². The molecule has 1 heterocycles. The molecule has 0 radical (unpaired) electrons. The number of nitrogens with zero attached hydrogens (tertiary/aromatic N) is 1. The second-order valence-corrected chi connectivity index (χ2v) is 4.26. The molecule has 1 atom stereocenters. The number of hydrogen-bond acceptors (Lipinski definition) is 3. The minimum Gasteiger partial charge on any atom is -0.459 e. The van der Waals surface area contributed by atoms with E-state index in [1.807, 2.05) is 0 Å². The minimum atomic E-state index is -0.720. The lowest BCUT2D eigenvalue weighted by Crippen LogP contribution is -2.36.